The van der Waals surface area contributed by atoms with E-state index in [0.717, 1.165) is 5.69 Å². The molecule has 1 aliphatic rings. The fourth-order valence-electron chi connectivity index (χ4n) is 2.29. The molecule has 7 nitrogen and oxygen atoms in total. The van der Waals surface area contributed by atoms with Crippen LogP contribution >= 0.6 is 11.6 Å². The number of nitrogens with zero attached hydrogens (tertiary/aromatic N) is 2. The van der Waals surface area contributed by atoms with Crippen LogP contribution in [0, 0.1) is 0 Å². The molecule has 2 heterocycles. The monoisotopic (exact) mass is 345 g/mol. The summed E-state index contributed by atoms with van der Waals surface area (Å²) in [6.45, 7) is 0.358. The average Bonchev–Trinajstić information content (AvgIpc) is 3.20. The second-order valence-electron chi connectivity index (χ2n) is 5.08. The minimum absolute atomic E-state index is 0.175. The molecule has 0 spiro atoms. The first kappa shape index (κ1) is 14.6. The molecule has 0 bridgehead atoms. The molecule has 1 N–H and O–H groups in total. The van der Waals surface area contributed by atoms with E-state index in [9.17, 15) is 4.79 Å². The van der Waals surface area contributed by atoms with Crippen molar-refractivity contribution in [2.75, 3.05) is 12.1 Å². The van der Waals surface area contributed by atoms with Gasteiger partial charge in [0.25, 0.3) is 0 Å². The van der Waals surface area contributed by atoms with E-state index < -0.39 is 5.76 Å². The first-order valence-electron chi connectivity index (χ1n) is 7.16. The smallest absolute Gasteiger partial charge is 0.439 e. The Morgan fingerprint density at radius 1 is 1.12 bits per heavy atom. The van der Waals surface area contributed by atoms with E-state index in [1.807, 2.05) is 12.1 Å². The summed E-state index contributed by atoms with van der Waals surface area (Å²) in [4.78, 5) is 11.9. The van der Waals surface area contributed by atoms with Crippen LogP contribution in [0.15, 0.2) is 51.7 Å². The second-order valence-corrected chi connectivity index (χ2v) is 5.52. The molecule has 1 aromatic heterocycles. The van der Waals surface area contributed by atoms with Crippen molar-refractivity contribution in [2.24, 2.45) is 0 Å². The van der Waals surface area contributed by atoms with E-state index in [4.69, 9.17) is 25.5 Å². The van der Waals surface area contributed by atoms with E-state index in [1.54, 1.807) is 30.3 Å². The summed E-state index contributed by atoms with van der Waals surface area (Å²) in [6.07, 6.45) is 0. The molecular weight excluding hydrogens is 334 g/mol. The summed E-state index contributed by atoms with van der Waals surface area (Å²) in [5.41, 5.74) is 1.46. The van der Waals surface area contributed by atoms with Gasteiger partial charge < -0.3 is 19.2 Å². The van der Waals surface area contributed by atoms with E-state index in [1.165, 1.54) is 4.68 Å². The van der Waals surface area contributed by atoms with Crippen molar-refractivity contribution in [1.29, 1.82) is 0 Å². The molecule has 0 saturated carbocycles. The molecule has 0 amide bonds. The maximum atomic E-state index is 11.9. The number of rotatable bonds is 4. The second kappa shape index (κ2) is 5.93. The molecular formula is C16H12ClN3O4. The average molecular weight is 346 g/mol. The Bertz CT molecular complexity index is 933. The third kappa shape index (κ3) is 2.81. The maximum absolute atomic E-state index is 11.9. The van der Waals surface area contributed by atoms with Gasteiger partial charge in [0.15, 0.2) is 11.5 Å². The van der Waals surface area contributed by atoms with Crippen molar-refractivity contribution in [3.05, 3.63) is 58.0 Å². The number of nitrogens with one attached hydrogen (secondary N) is 1. The van der Waals surface area contributed by atoms with Crippen LogP contribution in [0.3, 0.4) is 0 Å². The number of ether oxygens (including phenoxy) is 2. The highest BCUT2D eigenvalue weighted by Gasteiger charge is 2.17. The molecule has 8 heteroatoms. The zero-order valence-corrected chi connectivity index (χ0v) is 13.1. The van der Waals surface area contributed by atoms with Gasteiger partial charge in [-0.25, -0.2) is 4.79 Å². The Labute approximate surface area is 141 Å². The fourth-order valence-corrected chi connectivity index (χ4v) is 2.41. The van der Waals surface area contributed by atoms with Crippen molar-refractivity contribution >= 4 is 17.3 Å². The van der Waals surface area contributed by atoms with E-state index in [-0.39, 0.29) is 19.4 Å². The minimum atomic E-state index is -0.552. The number of anilines is 1. The standard InChI is InChI=1S/C16H12ClN3O4/c17-11-2-4-12(5-3-11)18-8-20-16(21)24-15(19-20)10-1-6-13-14(7-10)23-9-22-13/h1-7,18H,8-9H2. The number of hydrogen-bond acceptors (Lipinski definition) is 6. The highest BCUT2D eigenvalue weighted by atomic mass is 35.5. The molecule has 0 aliphatic carbocycles. The van der Waals surface area contributed by atoms with Gasteiger partial charge in [0, 0.05) is 16.3 Å². The van der Waals surface area contributed by atoms with Crippen molar-refractivity contribution in [3.63, 3.8) is 0 Å². The van der Waals surface area contributed by atoms with Crippen LogP contribution in [0.25, 0.3) is 11.5 Å². The van der Waals surface area contributed by atoms with Crippen LogP contribution in [0.1, 0.15) is 0 Å². The van der Waals surface area contributed by atoms with Gasteiger partial charge in [-0.2, -0.15) is 4.68 Å². The third-order valence-electron chi connectivity index (χ3n) is 3.50. The Kier molecular flexibility index (Phi) is 3.62. The Morgan fingerprint density at radius 2 is 1.92 bits per heavy atom. The molecule has 2 aromatic carbocycles. The van der Waals surface area contributed by atoms with Crippen LogP contribution in [0.5, 0.6) is 11.5 Å². The van der Waals surface area contributed by atoms with Crippen molar-refractivity contribution in [2.45, 2.75) is 6.67 Å². The van der Waals surface area contributed by atoms with Gasteiger partial charge >= 0.3 is 5.76 Å². The summed E-state index contributed by atoms with van der Waals surface area (Å²) >= 11 is 5.84. The quantitative estimate of drug-likeness (QED) is 0.783. The van der Waals surface area contributed by atoms with Crippen molar-refractivity contribution in [3.8, 4) is 23.0 Å². The zero-order valence-electron chi connectivity index (χ0n) is 12.4. The van der Waals surface area contributed by atoms with Crippen molar-refractivity contribution in [1.82, 2.24) is 9.78 Å². The Morgan fingerprint density at radius 3 is 2.75 bits per heavy atom. The summed E-state index contributed by atoms with van der Waals surface area (Å²) in [7, 11) is 0. The lowest BCUT2D eigenvalue weighted by atomic mass is 10.2. The van der Waals surface area contributed by atoms with Gasteiger partial charge in [0.1, 0.15) is 6.67 Å². The van der Waals surface area contributed by atoms with Gasteiger partial charge in [-0.05, 0) is 42.5 Å². The lowest BCUT2D eigenvalue weighted by Crippen LogP contribution is -2.20. The van der Waals surface area contributed by atoms with Crippen LogP contribution in [-0.4, -0.2) is 16.6 Å². The van der Waals surface area contributed by atoms with E-state index in [2.05, 4.69) is 10.4 Å². The van der Waals surface area contributed by atoms with Crippen LogP contribution < -0.4 is 20.5 Å². The lowest BCUT2D eigenvalue weighted by Gasteiger charge is -2.04. The van der Waals surface area contributed by atoms with Gasteiger partial charge in [0.2, 0.25) is 12.7 Å². The van der Waals surface area contributed by atoms with E-state index in [0.29, 0.717) is 22.1 Å². The normalized spacial score (nSPS) is 12.4. The molecule has 4 rings (SSSR count). The minimum Gasteiger partial charge on any atom is -0.454 e. The largest absolute Gasteiger partial charge is 0.454 e. The molecule has 0 fully saturated rings. The highest BCUT2D eigenvalue weighted by molar-refractivity contribution is 6.30. The number of hydrogen-bond donors (Lipinski definition) is 1. The molecule has 0 saturated heterocycles. The molecule has 0 radical (unpaired) electrons. The summed E-state index contributed by atoms with van der Waals surface area (Å²) in [5.74, 6) is 0.925. The number of halogens is 1. The summed E-state index contributed by atoms with van der Waals surface area (Å²) < 4.78 is 17.0. The summed E-state index contributed by atoms with van der Waals surface area (Å²) in [5, 5.41) is 7.91. The molecule has 24 heavy (non-hydrogen) atoms. The zero-order chi connectivity index (χ0) is 16.5. The highest BCUT2D eigenvalue weighted by Crippen LogP contribution is 2.35. The van der Waals surface area contributed by atoms with Crippen LogP contribution in [-0.2, 0) is 6.67 Å². The predicted octanol–water partition coefficient (Wildman–Crippen LogP) is 2.96. The molecule has 3 aromatic rings. The molecule has 122 valence electrons. The third-order valence-corrected chi connectivity index (χ3v) is 3.75. The first-order valence-corrected chi connectivity index (χ1v) is 7.54. The first-order chi connectivity index (χ1) is 11.7. The number of aromatic nitrogens is 2. The molecule has 1 aliphatic heterocycles. The van der Waals surface area contributed by atoms with Gasteiger partial charge in [0.05, 0.1) is 0 Å². The maximum Gasteiger partial charge on any atom is 0.439 e. The topological polar surface area (TPSA) is 78.5 Å². The predicted molar refractivity (Wildman–Crippen MR) is 87.4 cm³/mol. The molecule has 0 atom stereocenters. The van der Waals surface area contributed by atoms with Crippen molar-refractivity contribution < 1.29 is 13.9 Å². The van der Waals surface area contributed by atoms with Crippen LogP contribution in [0.2, 0.25) is 5.02 Å². The Balaban J connectivity index is 1.54. The molecule has 0 unspecified atom stereocenters. The fraction of sp³-hybridized carbons (Fsp3) is 0.125. The summed E-state index contributed by atoms with van der Waals surface area (Å²) in [6, 6.07) is 12.4. The van der Waals surface area contributed by atoms with Gasteiger partial charge in [-0.1, -0.05) is 11.6 Å². The lowest BCUT2D eigenvalue weighted by molar-refractivity contribution is 0.174. The van der Waals surface area contributed by atoms with Gasteiger partial charge in [-0.3, -0.25) is 0 Å². The van der Waals surface area contributed by atoms with Crippen LogP contribution in [0.4, 0.5) is 5.69 Å². The number of benzene rings is 2. The SMILES string of the molecule is O=c1oc(-c2ccc3c(c2)OCO3)nn1CNc1ccc(Cl)cc1. The van der Waals surface area contributed by atoms with Gasteiger partial charge in [-0.15, -0.1) is 5.10 Å². The van der Waals surface area contributed by atoms with E-state index >= 15 is 0 Å². The Hall–Kier alpha value is -2.93. The number of fused-ring (bicyclic) bond motifs is 1.